The van der Waals surface area contributed by atoms with Crippen molar-refractivity contribution in [3.63, 3.8) is 0 Å². The normalized spacial score (nSPS) is 13.9. The minimum absolute atomic E-state index is 0.0868. The summed E-state index contributed by atoms with van der Waals surface area (Å²) >= 11 is 6.16. The molecule has 4 aromatic carbocycles. The quantitative estimate of drug-likeness (QED) is 0.305. The Morgan fingerprint density at radius 1 is 0.806 bits per heavy atom. The van der Waals surface area contributed by atoms with Crippen molar-refractivity contribution < 1.29 is 19.4 Å². The summed E-state index contributed by atoms with van der Waals surface area (Å²) in [5.41, 5.74) is 5.95. The van der Waals surface area contributed by atoms with Gasteiger partial charge in [0, 0.05) is 16.2 Å². The Hall–Kier alpha value is -4.35. The van der Waals surface area contributed by atoms with Crippen molar-refractivity contribution in [3.8, 4) is 5.75 Å². The van der Waals surface area contributed by atoms with Gasteiger partial charge in [0.1, 0.15) is 5.75 Å². The third-order valence-corrected chi connectivity index (χ3v) is 6.25. The first-order chi connectivity index (χ1) is 17.5. The zero-order chi connectivity index (χ0) is 25.1. The summed E-state index contributed by atoms with van der Waals surface area (Å²) in [6.07, 6.45) is 0. The van der Waals surface area contributed by atoms with E-state index in [-0.39, 0.29) is 5.91 Å². The number of hydrogen-bond acceptors (Lipinski definition) is 3. The lowest BCUT2D eigenvalue weighted by Gasteiger charge is -2.18. The second kappa shape index (κ2) is 10.1. The summed E-state index contributed by atoms with van der Waals surface area (Å²) in [5, 5.41) is 9.44. The predicted octanol–water partition coefficient (Wildman–Crippen LogP) is 6.31. The number of hydrogen-bond donors (Lipinski definition) is 1. The van der Waals surface area contributed by atoms with Gasteiger partial charge in [-0.25, -0.2) is 4.79 Å². The molecule has 0 aromatic heterocycles. The number of ether oxygens (including phenoxy) is 1. The van der Waals surface area contributed by atoms with E-state index in [0.717, 1.165) is 33.5 Å². The molecule has 1 aliphatic rings. The molecule has 0 saturated carbocycles. The molecule has 0 radical (unpaired) electrons. The van der Waals surface area contributed by atoms with Gasteiger partial charge >= 0.3 is 5.97 Å². The van der Waals surface area contributed by atoms with Crippen LogP contribution in [0.15, 0.2) is 103 Å². The van der Waals surface area contributed by atoms with Gasteiger partial charge in [-0.15, -0.1) is 0 Å². The van der Waals surface area contributed by atoms with E-state index in [4.69, 9.17) is 21.4 Å². The van der Waals surface area contributed by atoms with Crippen molar-refractivity contribution in [1.29, 1.82) is 0 Å². The second-order valence-electron chi connectivity index (χ2n) is 8.36. The molecular weight excluding hydrogens is 474 g/mol. The van der Waals surface area contributed by atoms with Gasteiger partial charge < -0.3 is 14.7 Å². The SMILES string of the molecule is O=C(O)COc1ccc(CN2C(=O)C(=C(c3ccccc3)c3ccc(Cl)cc3)c3ccccc32)cc1. The largest absolute Gasteiger partial charge is 0.482 e. The van der Waals surface area contributed by atoms with Gasteiger partial charge in [0.15, 0.2) is 6.61 Å². The fourth-order valence-electron chi connectivity index (χ4n) is 4.37. The maximum atomic E-state index is 14.0. The molecule has 6 heteroatoms. The van der Waals surface area contributed by atoms with Crippen LogP contribution in [0.4, 0.5) is 5.69 Å². The Labute approximate surface area is 213 Å². The van der Waals surface area contributed by atoms with Crippen LogP contribution in [0.3, 0.4) is 0 Å². The monoisotopic (exact) mass is 495 g/mol. The van der Waals surface area contributed by atoms with Crippen LogP contribution >= 0.6 is 11.6 Å². The number of nitrogens with zero attached hydrogens (tertiary/aromatic N) is 1. The van der Waals surface area contributed by atoms with Crippen molar-refractivity contribution in [3.05, 3.63) is 130 Å². The topological polar surface area (TPSA) is 66.8 Å². The molecule has 4 aromatic rings. The molecule has 0 saturated heterocycles. The summed E-state index contributed by atoms with van der Waals surface area (Å²) in [6, 6.07) is 32.3. The molecule has 0 bridgehead atoms. The Morgan fingerprint density at radius 3 is 2.14 bits per heavy atom. The lowest BCUT2D eigenvalue weighted by atomic mass is 9.90. The summed E-state index contributed by atoms with van der Waals surface area (Å²) in [5.74, 6) is -0.659. The lowest BCUT2D eigenvalue weighted by molar-refractivity contribution is -0.139. The summed E-state index contributed by atoms with van der Waals surface area (Å²) in [4.78, 5) is 26.5. The fourth-order valence-corrected chi connectivity index (χ4v) is 4.50. The maximum Gasteiger partial charge on any atom is 0.341 e. The first-order valence-electron chi connectivity index (χ1n) is 11.4. The van der Waals surface area contributed by atoms with E-state index in [1.54, 1.807) is 17.0 Å². The Morgan fingerprint density at radius 2 is 1.44 bits per heavy atom. The number of halogens is 1. The molecule has 0 spiro atoms. The molecule has 178 valence electrons. The van der Waals surface area contributed by atoms with Gasteiger partial charge in [0.05, 0.1) is 17.8 Å². The van der Waals surface area contributed by atoms with E-state index in [1.807, 2.05) is 91.0 Å². The molecule has 5 nitrogen and oxygen atoms in total. The highest BCUT2D eigenvalue weighted by Crippen LogP contribution is 2.43. The highest BCUT2D eigenvalue weighted by atomic mass is 35.5. The number of carbonyl (C=O) groups excluding carboxylic acids is 1. The van der Waals surface area contributed by atoms with Gasteiger partial charge in [-0.05, 0) is 47.0 Å². The van der Waals surface area contributed by atoms with Gasteiger partial charge in [-0.2, -0.15) is 0 Å². The predicted molar refractivity (Wildman–Crippen MR) is 141 cm³/mol. The fraction of sp³-hybridized carbons (Fsp3) is 0.0667. The highest BCUT2D eigenvalue weighted by molar-refractivity contribution is 6.39. The summed E-state index contributed by atoms with van der Waals surface area (Å²) < 4.78 is 5.23. The van der Waals surface area contributed by atoms with Crippen molar-refractivity contribution in [1.82, 2.24) is 0 Å². The standard InChI is InChI=1S/C30H22ClNO4/c31-23-14-12-22(13-15-23)28(21-6-2-1-3-7-21)29-25-8-4-5-9-26(25)32(30(29)35)18-20-10-16-24(17-11-20)36-19-27(33)34/h1-17H,18-19H2,(H,33,34). The van der Waals surface area contributed by atoms with E-state index in [0.29, 0.717) is 22.9 Å². The van der Waals surface area contributed by atoms with E-state index < -0.39 is 12.6 Å². The molecule has 36 heavy (non-hydrogen) atoms. The van der Waals surface area contributed by atoms with Gasteiger partial charge in [-0.3, -0.25) is 4.79 Å². The smallest absolute Gasteiger partial charge is 0.341 e. The lowest BCUT2D eigenvalue weighted by Crippen LogP contribution is -2.26. The number of aliphatic carboxylic acids is 1. The summed E-state index contributed by atoms with van der Waals surface area (Å²) in [7, 11) is 0. The van der Waals surface area contributed by atoms with E-state index >= 15 is 0 Å². The number of benzene rings is 4. The summed E-state index contributed by atoms with van der Waals surface area (Å²) in [6.45, 7) is -0.0420. The van der Waals surface area contributed by atoms with E-state index in [2.05, 4.69) is 0 Å². The van der Waals surface area contributed by atoms with Crippen LogP contribution < -0.4 is 9.64 Å². The first kappa shape index (κ1) is 23.4. The minimum atomic E-state index is -1.03. The van der Waals surface area contributed by atoms with Crippen molar-refractivity contribution >= 4 is 40.3 Å². The molecule has 0 unspecified atom stereocenters. The van der Waals surface area contributed by atoms with Crippen LogP contribution in [0.1, 0.15) is 22.3 Å². The average Bonchev–Trinajstić information content (AvgIpc) is 3.17. The molecule has 1 amide bonds. The number of carboxylic acid groups (broad SMARTS) is 1. The second-order valence-corrected chi connectivity index (χ2v) is 8.79. The number of rotatable bonds is 7. The zero-order valence-corrected chi connectivity index (χ0v) is 20.0. The number of carboxylic acids is 1. The Balaban J connectivity index is 1.57. The number of amides is 1. The molecule has 0 atom stereocenters. The Kier molecular flexibility index (Phi) is 6.56. The maximum absolute atomic E-state index is 14.0. The third-order valence-electron chi connectivity index (χ3n) is 5.99. The average molecular weight is 496 g/mol. The molecule has 1 heterocycles. The first-order valence-corrected chi connectivity index (χ1v) is 11.8. The number of para-hydroxylation sites is 1. The van der Waals surface area contributed by atoms with Gasteiger partial charge in [-0.1, -0.05) is 84.4 Å². The van der Waals surface area contributed by atoms with Gasteiger partial charge in [0.25, 0.3) is 5.91 Å². The number of fused-ring (bicyclic) bond motifs is 1. The number of anilines is 1. The molecular formula is C30H22ClNO4. The van der Waals surface area contributed by atoms with E-state index in [9.17, 15) is 9.59 Å². The van der Waals surface area contributed by atoms with Crippen molar-refractivity contribution in [2.75, 3.05) is 11.5 Å². The van der Waals surface area contributed by atoms with Crippen molar-refractivity contribution in [2.45, 2.75) is 6.54 Å². The van der Waals surface area contributed by atoms with Gasteiger partial charge in [0.2, 0.25) is 0 Å². The van der Waals surface area contributed by atoms with Crippen LogP contribution in [0.5, 0.6) is 5.75 Å². The zero-order valence-electron chi connectivity index (χ0n) is 19.2. The molecule has 0 fully saturated rings. The highest BCUT2D eigenvalue weighted by Gasteiger charge is 2.35. The van der Waals surface area contributed by atoms with Crippen molar-refractivity contribution in [2.24, 2.45) is 0 Å². The Bertz CT molecular complexity index is 1440. The molecule has 5 rings (SSSR count). The van der Waals surface area contributed by atoms with Crippen LogP contribution in [-0.4, -0.2) is 23.6 Å². The molecule has 1 aliphatic heterocycles. The van der Waals surface area contributed by atoms with Crippen LogP contribution in [0.25, 0.3) is 11.1 Å². The third kappa shape index (κ3) is 4.74. The van der Waals surface area contributed by atoms with Crippen LogP contribution in [0.2, 0.25) is 5.02 Å². The molecule has 0 aliphatic carbocycles. The molecule has 1 N–H and O–H groups in total. The van der Waals surface area contributed by atoms with Crippen LogP contribution in [0, 0.1) is 0 Å². The van der Waals surface area contributed by atoms with Crippen LogP contribution in [-0.2, 0) is 16.1 Å². The van der Waals surface area contributed by atoms with E-state index in [1.165, 1.54) is 0 Å². The number of carbonyl (C=O) groups is 2. The minimum Gasteiger partial charge on any atom is -0.482 e.